The molecular weight excluding hydrogens is 302 g/mol. The molecule has 3 aromatic rings. The van der Waals surface area contributed by atoms with Gasteiger partial charge in [0.2, 0.25) is 5.89 Å². The zero-order chi connectivity index (χ0) is 16.2. The summed E-state index contributed by atoms with van der Waals surface area (Å²) in [5.74, 6) is 2.22. The Bertz CT molecular complexity index is 753. The summed E-state index contributed by atoms with van der Waals surface area (Å²) in [5.41, 5.74) is 1.07. The van der Waals surface area contributed by atoms with Gasteiger partial charge in [0.05, 0.1) is 12.7 Å². The van der Waals surface area contributed by atoms with Crippen molar-refractivity contribution in [2.75, 3.05) is 13.1 Å². The second-order valence-electron chi connectivity index (χ2n) is 6.35. The number of hydrogen-bond donors (Lipinski definition) is 0. The number of aromatic nitrogens is 4. The van der Waals surface area contributed by atoms with Gasteiger partial charge in [-0.1, -0.05) is 30.3 Å². The van der Waals surface area contributed by atoms with Crippen LogP contribution in [0.15, 0.2) is 53.6 Å². The maximum absolute atomic E-state index is 5.93. The van der Waals surface area contributed by atoms with Crippen LogP contribution < -0.4 is 0 Å². The molecule has 1 atom stereocenters. The van der Waals surface area contributed by atoms with Gasteiger partial charge >= 0.3 is 0 Å². The van der Waals surface area contributed by atoms with Gasteiger partial charge in [0.15, 0.2) is 5.76 Å². The van der Waals surface area contributed by atoms with E-state index < -0.39 is 0 Å². The average molecular weight is 323 g/mol. The van der Waals surface area contributed by atoms with E-state index in [4.69, 9.17) is 4.42 Å². The van der Waals surface area contributed by atoms with Crippen molar-refractivity contribution in [2.45, 2.75) is 25.9 Å². The Morgan fingerprint density at radius 1 is 1.21 bits per heavy atom. The summed E-state index contributed by atoms with van der Waals surface area (Å²) in [6.45, 7) is 3.83. The lowest BCUT2D eigenvalue weighted by atomic mass is 9.98. The monoisotopic (exact) mass is 323 g/mol. The smallest absolute Gasteiger partial charge is 0.209 e. The predicted octanol–water partition coefficient (Wildman–Crippen LogP) is 2.85. The summed E-state index contributed by atoms with van der Waals surface area (Å²) in [6.07, 6.45) is 7.64. The van der Waals surface area contributed by atoms with Crippen molar-refractivity contribution in [3.63, 3.8) is 0 Å². The minimum atomic E-state index is 0.601. The van der Waals surface area contributed by atoms with Gasteiger partial charge in [0.1, 0.15) is 12.7 Å². The van der Waals surface area contributed by atoms with Gasteiger partial charge in [0, 0.05) is 18.7 Å². The topological polar surface area (TPSA) is 60.0 Å². The van der Waals surface area contributed by atoms with Crippen LogP contribution in [-0.4, -0.2) is 37.7 Å². The Labute approximate surface area is 141 Å². The zero-order valence-corrected chi connectivity index (χ0v) is 13.6. The molecule has 1 aromatic carbocycles. The van der Waals surface area contributed by atoms with E-state index in [1.807, 2.05) is 41.2 Å². The SMILES string of the molecule is c1ccc(-c2cnc(CN3CCCC(Cn4cncn4)C3)o2)cc1. The molecule has 0 spiro atoms. The molecule has 4 rings (SSSR count). The van der Waals surface area contributed by atoms with Crippen LogP contribution in [0.5, 0.6) is 0 Å². The van der Waals surface area contributed by atoms with E-state index in [0.29, 0.717) is 5.92 Å². The fourth-order valence-electron chi connectivity index (χ4n) is 3.35. The van der Waals surface area contributed by atoms with Crippen LogP contribution in [0, 0.1) is 5.92 Å². The Balaban J connectivity index is 1.37. The molecule has 0 N–H and O–H groups in total. The molecule has 0 saturated carbocycles. The van der Waals surface area contributed by atoms with Gasteiger partial charge < -0.3 is 4.42 Å². The highest BCUT2D eigenvalue weighted by Gasteiger charge is 2.22. The molecule has 1 aliphatic heterocycles. The van der Waals surface area contributed by atoms with E-state index in [2.05, 4.69) is 20.0 Å². The summed E-state index contributed by atoms with van der Waals surface area (Å²) in [7, 11) is 0. The summed E-state index contributed by atoms with van der Waals surface area (Å²) < 4.78 is 7.86. The molecule has 1 saturated heterocycles. The van der Waals surface area contributed by atoms with E-state index in [-0.39, 0.29) is 0 Å². The third-order valence-electron chi connectivity index (χ3n) is 4.49. The third-order valence-corrected chi connectivity index (χ3v) is 4.49. The molecular formula is C18H21N5O. The molecule has 6 nitrogen and oxygen atoms in total. The van der Waals surface area contributed by atoms with Gasteiger partial charge in [-0.05, 0) is 25.3 Å². The fourth-order valence-corrected chi connectivity index (χ4v) is 3.35. The summed E-state index contributed by atoms with van der Waals surface area (Å²) in [4.78, 5) is 10.9. The Hall–Kier alpha value is -2.47. The van der Waals surface area contributed by atoms with Crippen LogP contribution in [0.1, 0.15) is 18.7 Å². The molecule has 6 heteroatoms. The van der Waals surface area contributed by atoms with Crippen LogP contribution in [0.25, 0.3) is 11.3 Å². The molecule has 1 aliphatic rings. The van der Waals surface area contributed by atoms with Crippen molar-refractivity contribution in [1.82, 2.24) is 24.6 Å². The van der Waals surface area contributed by atoms with Crippen LogP contribution in [0.3, 0.4) is 0 Å². The third kappa shape index (κ3) is 3.54. The van der Waals surface area contributed by atoms with Crippen molar-refractivity contribution in [1.29, 1.82) is 0 Å². The van der Waals surface area contributed by atoms with Gasteiger partial charge in [-0.3, -0.25) is 9.58 Å². The molecule has 0 bridgehead atoms. The first-order valence-electron chi connectivity index (χ1n) is 8.42. The first-order valence-corrected chi connectivity index (χ1v) is 8.42. The number of oxazole rings is 1. The van der Waals surface area contributed by atoms with Gasteiger partial charge in [-0.15, -0.1) is 0 Å². The van der Waals surface area contributed by atoms with Crippen LogP contribution in [0.2, 0.25) is 0 Å². The minimum Gasteiger partial charge on any atom is -0.439 e. The van der Waals surface area contributed by atoms with Gasteiger partial charge in [-0.2, -0.15) is 5.10 Å². The lowest BCUT2D eigenvalue weighted by Gasteiger charge is -2.31. The number of benzene rings is 1. The standard InChI is InChI=1S/C18H21N5O/c1-2-6-16(7-3-1)17-9-20-18(24-17)12-22-8-4-5-15(10-22)11-23-14-19-13-21-23/h1-3,6-7,9,13-15H,4-5,8,10-12H2. The molecule has 1 unspecified atom stereocenters. The number of piperidine rings is 1. The first kappa shape index (κ1) is 15.1. The maximum Gasteiger partial charge on any atom is 0.209 e. The lowest BCUT2D eigenvalue weighted by molar-refractivity contribution is 0.142. The van der Waals surface area contributed by atoms with E-state index in [1.54, 1.807) is 12.7 Å². The fraction of sp³-hybridized carbons (Fsp3) is 0.389. The van der Waals surface area contributed by atoms with E-state index in [0.717, 1.165) is 43.4 Å². The highest BCUT2D eigenvalue weighted by atomic mass is 16.4. The second kappa shape index (κ2) is 6.97. The number of hydrogen-bond acceptors (Lipinski definition) is 5. The molecule has 24 heavy (non-hydrogen) atoms. The molecule has 124 valence electrons. The van der Waals surface area contributed by atoms with Crippen LogP contribution in [0.4, 0.5) is 0 Å². The predicted molar refractivity (Wildman–Crippen MR) is 90.0 cm³/mol. The van der Waals surface area contributed by atoms with E-state index >= 15 is 0 Å². The molecule has 0 radical (unpaired) electrons. The molecule has 0 amide bonds. The quantitative estimate of drug-likeness (QED) is 0.722. The normalized spacial score (nSPS) is 18.8. The highest BCUT2D eigenvalue weighted by molar-refractivity contribution is 5.55. The highest BCUT2D eigenvalue weighted by Crippen LogP contribution is 2.23. The lowest BCUT2D eigenvalue weighted by Crippen LogP contribution is -2.36. The number of likely N-dealkylation sites (tertiary alicyclic amines) is 1. The maximum atomic E-state index is 5.93. The molecule has 3 heterocycles. The number of rotatable bonds is 5. The van der Waals surface area contributed by atoms with Crippen LogP contribution >= 0.6 is 0 Å². The van der Waals surface area contributed by atoms with Crippen molar-refractivity contribution >= 4 is 0 Å². The second-order valence-corrected chi connectivity index (χ2v) is 6.35. The van der Waals surface area contributed by atoms with Crippen molar-refractivity contribution < 1.29 is 4.42 Å². The molecule has 1 fully saturated rings. The minimum absolute atomic E-state index is 0.601. The largest absolute Gasteiger partial charge is 0.439 e. The van der Waals surface area contributed by atoms with Crippen molar-refractivity contribution in [2.24, 2.45) is 5.92 Å². The number of nitrogens with zero attached hydrogens (tertiary/aromatic N) is 5. The summed E-state index contributed by atoms with van der Waals surface area (Å²) >= 11 is 0. The summed E-state index contributed by atoms with van der Waals surface area (Å²) in [5, 5.41) is 4.21. The van der Waals surface area contributed by atoms with Crippen LogP contribution in [-0.2, 0) is 13.1 Å². The summed E-state index contributed by atoms with van der Waals surface area (Å²) in [6, 6.07) is 10.1. The Morgan fingerprint density at radius 3 is 2.96 bits per heavy atom. The van der Waals surface area contributed by atoms with Gasteiger partial charge in [0.25, 0.3) is 0 Å². The average Bonchev–Trinajstić information content (AvgIpc) is 3.28. The Morgan fingerprint density at radius 2 is 2.12 bits per heavy atom. The zero-order valence-electron chi connectivity index (χ0n) is 13.6. The molecule has 0 aliphatic carbocycles. The van der Waals surface area contributed by atoms with E-state index in [1.165, 1.54) is 12.8 Å². The van der Waals surface area contributed by atoms with Crippen molar-refractivity contribution in [3.05, 3.63) is 55.1 Å². The molecule has 2 aromatic heterocycles. The van der Waals surface area contributed by atoms with Gasteiger partial charge in [-0.25, -0.2) is 9.97 Å². The van der Waals surface area contributed by atoms with Crippen molar-refractivity contribution in [3.8, 4) is 11.3 Å². The Kier molecular flexibility index (Phi) is 4.38. The van der Waals surface area contributed by atoms with E-state index in [9.17, 15) is 0 Å². The first-order chi connectivity index (χ1) is 11.9.